The molecule has 1 aliphatic carbocycles. The first-order valence-electron chi connectivity index (χ1n) is 6.90. The van der Waals surface area contributed by atoms with E-state index in [-0.39, 0.29) is 0 Å². The van der Waals surface area contributed by atoms with Crippen LogP contribution < -0.4 is 5.32 Å². The van der Waals surface area contributed by atoms with E-state index < -0.39 is 0 Å². The molecule has 0 bridgehead atoms. The molecule has 0 spiro atoms. The second-order valence-corrected chi connectivity index (χ2v) is 6.05. The third kappa shape index (κ3) is 4.31. The highest BCUT2D eigenvalue weighted by atomic mass is 14.9. The maximum atomic E-state index is 4.08. The monoisotopic (exact) mass is 235 g/mol. The Balaban J connectivity index is 2.58. The fourth-order valence-electron chi connectivity index (χ4n) is 2.71. The van der Waals surface area contributed by atoms with E-state index in [0.717, 1.165) is 5.92 Å². The lowest BCUT2D eigenvalue weighted by Crippen LogP contribution is -2.92. The third-order valence-corrected chi connectivity index (χ3v) is 4.27. The molecule has 98 valence electrons. The fraction of sp³-hybridized carbons (Fsp3) is 0.688. The quantitative estimate of drug-likeness (QED) is 0.554. The predicted octanol–water partition coefficient (Wildman–Crippen LogP) is 3.59. The topological polar surface area (TPSA) is 16.6 Å². The summed E-state index contributed by atoms with van der Waals surface area (Å²) in [6.07, 6.45) is 11.0. The third-order valence-electron chi connectivity index (χ3n) is 4.27. The van der Waals surface area contributed by atoms with E-state index in [1.165, 1.54) is 37.7 Å². The lowest BCUT2D eigenvalue weighted by Gasteiger charge is -2.38. The molecule has 1 heteroatoms. The second kappa shape index (κ2) is 6.39. The van der Waals surface area contributed by atoms with Crippen molar-refractivity contribution in [1.82, 2.24) is 0 Å². The first-order valence-corrected chi connectivity index (χ1v) is 6.90. The van der Waals surface area contributed by atoms with Crippen molar-refractivity contribution < 1.29 is 5.32 Å². The van der Waals surface area contributed by atoms with Crippen LogP contribution in [0, 0.1) is 13.0 Å². The second-order valence-electron chi connectivity index (χ2n) is 6.05. The van der Waals surface area contributed by atoms with Gasteiger partial charge in [0.2, 0.25) is 0 Å². The molecule has 0 unspecified atom stereocenters. The van der Waals surface area contributed by atoms with E-state index in [4.69, 9.17) is 0 Å². The summed E-state index contributed by atoms with van der Waals surface area (Å²) < 4.78 is 0. The summed E-state index contributed by atoms with van der Waals surface area (Å²) in [7, 11) is 4.08. The summed E-state index contributed by atoms with van der Waals surface area (Å²) in [6.45, 7) is 9.00. The molecule has 0 saturated heterocycles. The Morgan fingerprint density at radius 3 is 2.76 bits per heavy atom. The van der Waals surface area contributed by atoms with Crippen LogP contribution in [-0.2, 0) is 0 Å². The SMILES string of the molecule is [CH2-][NH2+][C@@](C)(CCC=C(C)C)[C@H]1CC=C(C)CC1. The molecule has 2 atom stereocenters. The van der Waals surface area contributed by atoms with Gasteiger partial charge in [0, 0.05) is 12.3 Å². The van der Waals surface area contributed by atoms with Gasteiger partial charge in [-0.25, -0.2) is 0 Å². The maximum absolute atomic E-state index is 4.08. The Morgan fingerprint density at radius 2 is 2.29 bits per heavy atom. The van der Waals surface area contributed by atoms with Crippen molar-refractivity contribution in [2.75, 3.05) is 0 Å². The van der Waals surface area contributed by atoms with E-state index >= 15 is 0 Å². The minimum Gasteiger partial charge on any atom is -0.474 e. The maximum Gasteiger partial charge on any atom is 0.0729 e. The zero-order valence-electron chi connectivity index (χ0n) is 12.1. The largest absolute Gasteiger partial charge is 0.474 e. The molecule has 0 saturated carbocycles. The van der Waals surface area contributed by atoms with Gasteiger partial charge in [-0.2, -0.15) is 7.05 Å². The lowest BCUT2D eigenvalue weighted by molar-refractivity contribution is -0.682. The van der Waals surface area contributed by atoms with Gasteiger partial charge in [-0.15, -0.1) is 0 Å². The fourth-order valence-corrected chi connectivity index (χ4v) is 2.71. The van der Waals surface area contributed by atoms with E-state index in [1.807, 2.05) is 0 Å². The summed E-state index contributed by atoms with van der Waals surface area (Å²) in [5.74, 6) is 0.786. The Morgan fingerprint density at radius 1 is 1.59 bits per heavy atom. The molecule has 0 radical (unpaired) electrons. The van der Waals surface area contributed by atoms with Gasteiger partial charge in [0.1, 0.15) is 0 Å². The van der Waals surface area contributed by atoms with Gasteiger partial charge in [-0.1, -0.05) is 23.3 Å². The molecule has 0 aromatic rings. The number of rotatable bonds is 5. The molecular weight excluding hydrogens is 206 g/mol. The average molecular weight is 235 g/mol. The molecule has 0 aromatic heterocycles. The van der Waals surface area contributed by atoms with Crippen molar-refractivity contribution in [2.24, 2.45) is 5.92 Å². The zero-order valence-corrected chi connectivity index (χ0v) is 12.1. The first kappa shape index (κ1) is 14.5. The lowest BCUT2D eigenvalue weighted by atomic mass is 9.74. The van der Waals surface area contributed by atoms with E-state index in [0.29, 0.717) is 5.54 Å². The van der Waals surface area contributed by atoms with Gasteiger partial charge in [0.05, 0.1) is 5.54 Å². The van der Waals surface area contributed by atoms with Crippen molar-refractivity contribution in [3.8, 4) is 0 Å². The van der Waals surface area contributed by atoms with Gasteiger partial charge < -0.3 is 5.32 Å². The molecule has 0 amide bonds. The highest BCUT2D eigenvalue weighted by Crippen LogP contribution is 2.32. The first-order chi connectivity index (χ1) is 7.98. The van der Waals surface area contributed by atoms with Crippen LogP contribution in [0.1, 0.15) is 59.8 Å². The van der Waals surface area contributed by atoms with Crippen LogP contribution in [0.2, 0.25) is 0 Å². The van der Waals surface area contributed by atoms with Crippen LogP contribution in [0.5, 0.6) is 0 Å². The van der Waals surface area contributed by atoms with Crippen LogP contribution in [-0.4, -0.2) is 5.54 Å². The number of hydrogen-bond acceptors (Lipinski definition) is 0. The van der Waals surface area contributed by atoms with Crippen LogP contribution in [0.25, 0.3) is 0 Å². The molecule has 1 rings (SSSR count). The molecule has 0 aliphatic heterocycles. The van der Waals surface area contributed by atoms with Gasteiger partial charge in [0.25, 0.3) is 0 Å². The molecule has 0 aromatic carbocycles. The summed E-state index contributed by atoms with van der Waals surface area (Å²) >= 11 is 0. The Kier molecular flexibility index (Phi) is 5.45. The van der Waals surface area contributed by atoms with Gasteiger partial charge in [0.15, 0.2) is 0 Å². The Bertz CT molecular complexity index is 297. The zero-order chi connectivity index (χ0) is 12.9. The summed E-state index contributed by atoms with van der Waals surface area (Å²) in [6, 6.07) is 0. The summed E-state index contributed by atoms with van der Waals surface area (Å²) in [5.41, 5.74) is 3.30. The van der Waals surface area contributed by atoms with Crippen molar-refractivity contribution >= 4 is 0 Å². The van der Waals surface area contributed by atoms with Crippen molar-refractivity contribution in [3.63, 3.8) is 0 Å². The predicted molar refractivity (Wildman–Crippen MR) is 75.5 cm³/mol. The number of nitrogens with two attached hydrogens (primary N) is 1. The summed E-state index contributed by atoms with van der Waals surface area (Å²) in [4.78, 5) is 0. The van der Waals surface area contributed by atoms with Crippen LogP contribution in [0.4, 0.5) is 0 Å². The van der Waals surface area contributed by atoms with Crippen molar-refractivity contribution in [3.05, 3.63) is 30.3 Å². The summed E-state index contributed by atoms with van der Waals surface area (Å²) in [5, 5.41) is 2.20. The molecule has 2 N–H and O–H groups in total. The van der Waals surface area contributed by atoms with E-state index in [1.54, 1.807) is 5.57 Å². The normalized spacial score (nSPS) is 23.8. The number of hydrogen-bond donors (Lipinski definition) is 1. The molecule has 17 heavy (non-hydrogen) atoms. The highest BCUT2D eigenvalue weighted by molar-refractivity contribution is 5.06. The molecule has 0 fully saturated rings. The molecular formula is C16H29N. The van der Waals surface area contributed by atoms with Gasteiger partial charge >= 0.3 is 0 Å². The minimum atomic E-state index is 0.309. The Hall–Kier alpha value is -0.560. The van der Waals surface area contributed by atoms with Crippen molar-refractivity contribution in [2.45, 2.75) is 65.3 Å². The van der Waals surface area contributed by atoms with Crippen LogP contribution in [0.3, 0.4) is 0 Å². The van der Waals surface area contributed by atoms with E-state index in [9.17, 15) is 0 Å². The van der Waals surface area contributed by atoms with Gasteiger partial charge in [-0.05, 0) is 53.4 Å². The highest BCUT2D eigenvalue weighted by Gasteiger charge is 2.34. The van der Waals surface area contributed by atoms with Crippen LogP contribution >= 0.6 is 0 Å². The number of quaternary nitrogens is 1. The minimum absolute atomic E-state index is 0.309. The van der Waals surface area contributed by atoms with Crippen molar-refractivity contribution in [1.29, 1.82) is 0 Å². The van der Waals surface area contributed by atoms with Gasteiger partial charge in [-0.3, -0.25) is 0 Å². The van der Waals surface area contributed by atoms with Crippen LogP contribution in [0.15, 0.2) is 23.3 Å². The molecule has 1 aliphatic rings. The molecule has 0 heterocycles. The average Bonchev–Trinajstić information content (AvgIpc) is 2.29. The standard InChI is InChI=1S/C16H29N/c1-13(2)7-6-12-16(4,17-5)15-10-8-14(3)9-11-15/h7-8,15H,5-6,9-12,17H2,1-4H3/t15-,16-/m0/s1. The Labute approximate surface area is 107 Å². The van der Waals surface area contributed by atoms with E-state index in [2.05, 4.69) is 52.2 Å². The smallest absolute Gasteiger partial charge is 0.0729 e. The molecule has 1 nitrogen and oxygen atoms in total. The number of allylic oxidation sites excluding steroid dienone is 4.